The summed E-state index contributed by atoms with van der Waals surface area (Å²) in [5.41, 5.74) is -1.29. The molecule has 0 atom stereocenters. The zero-order chi connectivity index (χ0) is 22.5. The maximum absolute atomic E-state index is 12.7. The van der Waals surface area contributed by atoms with Crippen LogP contribution < -0.4 is 0 Å². The van der Waals surface area contributed by atoms with Crippen LogP contribution in [0.4, 0.5) is 0 Å². The lowest BCUT2D eigenvalue weighted by atomic mass is 9.81. The average molecular weight is 435 g/mol. The second-order valence-electron chi connectivity index (χ2n) is 6.91. The molecule has 0 radical (unpaired) electrons. The minimum Gasteiger partial charge on any atom is -0.462 e. The Bertz CT molecular complexity index is 395. The fourth-order valence-electron chi connectivity index (χ4n) is 2.78. The van der Waals surface area contributed by atoms with Crippen molar-refractivity contribution < 1.29 is 38.0 Å². The number of hydrogen-bond acceptors (Lipinski definition) is 8. The van der Waals surface area contributed by atoms with Crippen molar-refractivity contribution in [1.29, 1.82) is 0 Å². The van der Waals surface area contributed by atoms with Crippen LogP contribution in [-0.4, -0.2) is 78.0 Å². The van der Waals surface area contributed by atoms with Crippen LogP contribution in [0, 0.1) is 5.41 Å². The van der Waals surface area contributed by atoms with Crippen LogP contribution in [0.15, 0.2) is 0 Å². The minimum atomic E-state index is -1.29. The van der Waals surface area contributed by atoms with Gasteiger partial charge in [0.05, 0.1) is 39.6 Å². The van der Waals surface area contributed by atoms with Gasteiger partial charge < -0.3 is 28.4 Å². The van der Waals surface area contributed by atoms with Crippen molar-refractivity contribution in [3.05, 3.63) is 0 Å². The number of rotatable bonds is 21. The van der Waals surface area contributed by atoms with Gasteiger partial charge in [0.2, 0.25) is 0 Å². The fourth-order valence-corrected chi connectivity index (χ4v) is 2.78. The molecule has 0 N–H and O–H groups in total. The predicted octanol–water partition coefficient (Wildman–Crippen LogP) is 3.16. The molecule has 0 amide bonds. The summed E-state index contributed by atoms with van der Waals surface area (Å²) in [5.74, 6) is -1.12. The highest BCUT2D eigenvalue weighted by atomic mass is 16.6. The monoisotopic (exact) mass is 434 g/mol. The molecular weight excluding hydrogens is 392 g/mol. The standard InChI is InChI=1S/C22H42O8/c1-5-9-22(8-4,20(23)29-18-16-27-14-12-25-10-6-2)21(24)30-19-17-28-15-13-26-11-7-3/h5-19H2,1-4H3. The van der Waals surface area contributed by atoms with Crippen molar-refractivity contribution in [3.8, 4) is 0 Å². The Morgan fingerprint density at radius 1 is 0.533 bits per heavy atom. The van der Waals surface area contributed by atoms with Gasteiger partial charge in [0, 0.05) is 13.2 Å². The highest BCUT2D eigenvalue weighted by Crippen LogP contribution is 2.31. The van der Waals surface area contributed by atoms with E-state index in [1.54, 1.807) is 6.92 Å². The van der Waals surface area contributed by atoms with Gasteiger partial charge in [-0.05, 0) is 25.7 Å². The molecule has 8 heteroatoms. The van der Waals surface area contributed by atoms with E-state index < -0.39 is 17.4 Å². The molecule has 0 bridgehead atoms. The van der Waals surface area contributed by atoms with E-state index in [2.05, 4.69) is 0 Å². The molecule has 178 valence electrons. The molecule has 0 rings (SSSR count). The van der Waals surface area contributed by atoms with Crippen molar-refractivity contribution in [3.63, 3.8) is 0 Å². The molecule has 0 aromatic carbocycles. The van der Waals surface area contributed by atoms with E-state index in [0.717, 1.165) is 12.8 Å². The lowest BCUT2D eigenvalue weighted by molar-refractivity contribution is -0.175. The molecule has 0 saturated heterocycles. The van der Waals surface area contributed by atoms with Gasteiger partial charge >= 0.3 is 11.9 Å². The molecular formula is C22H42O8. The first-order valence-corrected chi connectivity index (χ1v) is 11.2. The van der Waals surface area contributed by atoms with E-state index in [4.69, 9.17) is 28.4 Å². The first-order valence-electron chi connectivity index (χ1n) is 11.2. The third kappa shape index (κ3) is 12.5. The summed E-state index contributed by atoms with van der Waals surface area (Å²) in [6, 6.07) is 0. The summed E-state index contributed by atoms with van der Waals surface area (Å²) in [7, 11) is 0. The smallest absolute Gasteiger partial charge is 0.323 e. The first kappa shape index (κ1) is 28.8. The van der Waals surface area contributed by atoms with Crippen LogP contribution in [0.3, 0.4) is 0 Å². The normalized spacial score (nSPS) is 11.5. The number of hydrogen-bond donors (Lipinski definition) is 0. The Hall–Kier alpha value is -1.22. The summed E-state index contributed by atoms with van der Waals surface area (Å²) in [5, 5.41) is 0. The second kappa shape index (κ2) is 19.7. The summed E-state index contributed by atoms with van der Waals surface area (Å²) in [6.45, 7) is 11.8. The lowest BCUT2D eigenvalue weighted by Gasteiger charge is -2.27. The van der Waals surface area contributed by atoms with E-state index in [0.29, 0.717) is 58.9 Å². The molecule has 0 aromatic heterocycles. The molecule has 0 aliphatic heterocycles. The molecule has 0 aromatic rings. The van der Waals surface area contributed by atoms with Crippen LogP contribution in [0.2, 0.25) is 0 Å². The van der Waals surface area contributed by atoms with Crippen molar-refractivity contribution >= 4 is 11.9 Å². The van der Waals surface area contributed by atoms with Crippen molar-refractivity contribution in [2.24, 2.45) is 5.41 Å². The minimum absolute atomic E-state index is 0.0895. The van der Waals surface area contributed by atoms with Gasteiger partial charge in [-0.3, -0.25) is 9.59 Å². The molecule has 0 spiro atoms. The van der Waals surface area contributed by atoms with Crippen molar-refractivity contribution in [2.75, 3.05) is 66.1 Å². The summed E-state index contributed by atoms with van der Waals surface area (Å²) in [6.07, 6.45) is 3.27. The third-order valence-electron chi connectivity index (χ3n) is 4.42. The van der Waals surface area contributed by atoms with Crippen LogP contribution >= 0.6 is 0 Å². The maximum Gasteiger partial charge on any atom is 0.323 e. The molecule has 0 saturated carbocycles. The van der Waals surface area contributed by atoms with Gasteiger partial charge in [-0.15, -0.1) is 0 Å². The number of carbonyl (C=O) groups is 2. The Kier molecular flexibility index (Phi) is 18.9. The van der Waals surface area contributed by atoms with E-state index in [1.165, 1.54) is 0 Å². The van der Waals surface area contributed by atoms with Crippen molar-refractivity contribution in [1.82, 2.24) is 0 Å². The Morgan fingerprint density at radius 3 is 1.23 bits per heavy atom. The van der Waals surface area contributed by atoms with E-state index in [-0.39, 0.29) is 26.4 Å². The zero-order valence-electron chi connectivity index (χ0n) is 19.4. The highest BCUT2D eigenvalue weighted by Gasteiger charge is 2.46. The maximum atomic E-state index is 12.7. The molecule has 30 heavy (non-hydrogen) atoms. The Balaban J connectivity index is 4.29. The molecule has 0 aliphatic rings. The first-order chi connectivity index (χ1) is 14.6. The van der Waals surface area contributed by atoms with E-state index >= 15 is 0 Å². The lowest BCUT2D eigenvalue weighted by Crippen LogP contribution is -2.42. The predicted molar refractivity (Wildman–Crippen MR) is 113 cm³/mol. The molecule has 8 nitrogen and oxygen atoms in total. The van der Waals surface area contributed by atoms with Gasteiger partial charge in [-0.1, -0.05) is 34.1 Å². The van der Waals surface area contributed by atoms with Crippen molar-refractivity contribution in [2.45, 2.75) is 59.8 Å². The number of esters is 2. The zero-order valence-corrected chi connectivity index (χ0v) is 19.4. The SMILES string of the molecule is CCCOCCOCCOC(=O)C(CC)(CCC)C(=O)OCCOCCOCCC. The van der Waals surface area contributed by atoms with Gasteiger partial charge in [-0.25, -0.2) is 0 Å². The summed E-state index contributed by atoms with van der Waals surface area (Å²) >= 11 is 0. The largest absolute Gasteiger partial charge is 0.462 e. The quantitative estimate of drug-likeness (QED) is 0.155. The average Bonchev–Trinajstić information content (AvgIpc) is 2.75. The topological polar surface area (TPSA) is 89.5 Å². The van der Waals surface area contributed by atoms with Crippen LogP contribution in [0.1, 0.15) is 59.8 Å². The molecule has 0 aliphatic carbocycles. The number of carbonyl (C=O) groups excluding carboxylic acids is 2. The van der Waals surface area contributed by atoms with Gasteiger partial charge in [-0.2, -0.15) is 0 Å². The summed E-state index contributed by atoms with van der Waals surface area (Å²) < 4.78 is 32.0. The molecule has 0 heterocycles. The summed E-state index contributed by atoms with van der Waals surface area (Å²) in [4.78, 5) is 25.4. The third-order valence-corrected chi connectivity index (χ3v) is 4.42. The highest BCUT2D eigenvalue weighted by molar-refractivity contribution is 6.00. The van der Waals surface area contributed by atoms with E-state index in [1.807, 2.05) is 20.8 Å². The Labute approximate surface area is 181 Å². The van der Waals surface area contributed by atoms with Gasteiger partial charge in [0.15, 0.2) is 5.41 Å². The molecule has 0 unspecified atom stereocenters. The van der Waals surface area contributed by atoms with Crippen LogP contribution in [-0.2, 0) is 38.0 Å². The van der Waals surface area contributed by atoms with Gasteiger partial charge in [0.1, 0.15) is 13.2 Å². The van der Waals surface area contributed by atoms with Gasteiger partial charge in [0.25, 0.3) is 0 Å². The van der Waals surface area contributed by atoms with Crippen LogP contribution in [0.25, 0.3) is 0 Å². The fraction of sp³-hybridized carbons (Fsp3) is 0.909. The Morgan fingerprint density at radius 2 is 0.900 bits per heavy atom. The second-order valence-corrected chi connectivity index (χ2v) is 6.91. The number of ether oxygens (including phenoxy) is 6. The molecule has 0 fully saturated rings. The van der Waals surface area contributed by atoms with E-state index in [9.17, 15) is 9.59 Å². The van der Waals surface area contributed by atoms with Crippen LogP contribution in [0.5, 0.6) is 0 Å².